The highest BCUT2D eigenvalue weighted by Gasteiger charge is 2.31. The number of halogens is 4. The Bertz CT molecular complexity index is 649. The van der Waals surface area contributed by atoms with Gasteiger partial charge in [-0.2, -0.15) is 13.2 Å². The molecule has 0 aliphatic heterocycles. The lowest BCUT2D eigenvalue weighted by Gasteiger charge is -2.08. The summed E-state index contributed by atoms with van der Waals surface area (Å²) in [5.41, 5.74) is 0.542. The molecule has 6 heteroatoms. The molecule has 2 rings (SSSR count). The summed E-state index contributed by atoms with van der Waals surface area (Å²) in [6, 6.07) is 12.5. The van der Waals surface area contributed by atoms with Crippen LogP contribution < -0.4 is 10.3 Å². The second-order valence-electron chi connectivity index (χ2n) is 4.34. The van der Waals surface area contributed by atoms with Crippen LogP contribution in [0.3, 0.4) is 0 Å². The maximum Gasteiger partial charge on any atom is 0.416 e. The van der Waals surface area contributed by atoms with Gasteiger partial charge in [0, 0.05) is 4.47 Å². The molecule has 0 saturated carbocycles. The van der Waals surface area contributed by atoms with Gasteiger partial charge in [-0.1, -0.05) is 22.0 Å². The van der Waals surface area contributed by atoms with Crippen molar-refractivity contribution in [2.45, 2.75) is 6.18 Å². The lowest BCUT2D eigenvalue weighted by atomic mass is 10.1. The summed E-state index contributed by atoms with van der Waals surface area (Å²) in [6.07, 6.45) is -4.35. The van der Waals surface area contributed by atoms with Crippen molar-refractivity contribution < 1.29 is 18.2 Å². The molecule has 0 heterocycles. The number of amidine groups is 1. The summed E-state index contributed by atoms with van der Waals surface area (Å²) < 4.78 is 39.2. The van der Waals surface area contributed by atoms with Gasteiger partial charge in [-0.3, -0.25) is 4.99 Å². The molecule has 2 nitrogen and oxygen atoms in total. The molecule has 110 valence electrons. The van der Waals surface area contributed by atoms with Gasteiger partial charge >= 0.3 is 6.18 Å². The smallest absolute Gasteiger partial charge is 0.277 e. The number of anilines is 1. The minimum atomic E-state index is -4.35. The zero-order valence-corrected chi connectivity index (χ0v) is 12.7. The molecule has 0 spiro atoms. The molecule has 0 aromatic heterocycles. The van der Waals surface area contributed by atoms with E-state index in [1.807, 2.05) is 24.3 Å². The van der Waals surface area contributed by atoms with Crippen LogP contribution in [-0.2, 0) is 6.18 Å². The summed E-state index contributed by atoms with van der Waals surface area (Å²) >= 11 is 3.33. The average molecular weight is 358 g/mol. The molecule has 2 N–H and O–H groups in total. The maximum atomic E-state index is 12.8. The predicted octanol–water partition coefficient (Wildman–Crippen LogP) is 3.04. The maximum absolute atomic E-state index is 12.8. The molecule has 0 atom stereocenters. The van der Waals surface area contributed by atoms with Gasteiger partial charge in [0.05, 0.1) is 18.2 Å². The second kappa shape index (κ2) is 6.30. The van der Waals surface area contributed by atoms with Gasteiger partial charge in [0.25, 0.3) is 5.84 Å². The van der Waals surface area contributed by atoms with Crippen molar-refractivity contribution >= 4 is 27.5 Å². The third-order valence-corrected chi connectivity index (χ3v) is 3.37. The van der Waals surface area contributed by atoms with Gasteiger partial charge in [-0.25, -0.2) is 5.32 Å². The molecule has 0 saturated heterocycles. The number of benzene rings is 2. The summed E-state index contributed by atoms with van der Waals surface area (Å²) in [4.78, 5) is 2.89. The highest BCUT2D eigenvalue weighted by molar-refractivity contribution is 9.10. The topological polar surface area (TPSA) is 26.0 Å². The Hall–Kier alpha value is -1.82. The summed E-state index contributed by atoms with van der Waals surface area (Å²) in [5, 5.41) is 3.07. The van der Waals surface area contributed by atoms with Crippen molar-refractivity contribution in [1.82, 2.24) is 0 Å². The molecule has 0 aliphatic rings. The van der Waals surface area contributed by atoms with Crippen LogP contribution in [0.5, 0.6) is 0 Å². The Morgan fingerprint density at radius 2 is 1.76 bits per heavy atom. The largest absolute Gasteiger partial charge is 0.416 e. The predicted molar refractivity (Wildman–Crippen MR) is 80.2 cm³/mol. The van der Waals surface area contributed by atoms with Crippen molar-refractivity contribution in [3.63, 3.8) is 0 Å². The third-order valence-electron chi connectivity index (χ3n) is 2.84. The summed E-state index contributed by atoms with van der Waals surface area (Å²) in [7, 11) is 1.65. The van der Waals surface area contributed by atoms with E-state index >= 15 is 0 Å². The quantitative estimate of drug-likeness (QED) is 0.627. The van der Waals surface area contributed by atoms with Gasteiger partial charge in [-0.15, -0.1) is 0 Å². The number of hydrogen-bond donors (Lipinski definition) is 2. The first kappa shape index (κ1) is 15.6. The van der Waals surface area contributed by atoms with Crippen LogP contribution in [0.4, 0.5) is 18.9 Å². The molecule has 21 heavy (non-hydrogen) atoms. The molecule has 0 radical (unpaired) electrons. The van der Waals surface area contributed by atoms with Crippen LogP contribution in [0.25, 0.3) is 0 Å². The van der Waals surface area contributed by atoms with Gasteiger partial charge < -0.3 is 0 Å². The lowest BCUT2D eigenvalue weighted by molar-refractivity contribution is -0.419. The van der Waals surface area contributed by atoms with Gasteiger partial charge in [0.15, 0.2) is 0 Å². The van der Waals surface area contributed by atoms with E-state index in [9.17, 15) is 13.2 Å². The lowest BCUT2D eigenvalue weighted by Crippen LogP contribution is -2.70. The van der Waals surface area contributed by atoms with Crippen molar-refractivity contribution in [3.05, 3.63) is 64.1 Å². The van der Waals surface area contributed by atoms with Gasteiger partial charge in [0.2, 0.25) is 0 Å². The zero-order chi connectivity index (χ0) is 15.5. The minimum Gasteiger partial charge on any atom is -0.277 e. The summed E-state index contributed by atoms with van der Waals surface area (Å²) in [5.74, 6) is 0.503. The van der Waals surface area contributed by atoms with Crippen LogP contribution >= 0.6 is 15.9 Å². The van der Waals surface area contributed by atoms with Crippen molar-refractivity contribution in [2.75, 3.05) is 12.4 Å². The fraction of sp³-hybridized carbons (Fsp3) is 0.133. The Kier molecular flexibility index (Phi) is 4.67. The van der Waals surface area contributed by atoms with E-state index in [4.69, 9.17) is 0 Å². The number of rotatable bonds is 2. The molecule has 0 amide bonds. The van der Waals surface area contributed by atoms with Crippen molar-refractivity contribution in [3.8, 4) is 0 Å². The SMILES string of the molecule is C[NH+]=C(Nc1ccc(Br)cc1)c1cccc(C(F)(F)F)c1. The second-order valence-corrected chi connectivity index (χ2v) is 5.25. The number of nitrogens with one attached hydrogen (secondary N) is 2. The fourth-order valence-corrected chi connectivity index (χ4v) is 2.07. The fourth-order valence-electron chi connectivity index (χ4n) is 1.81. The van der Waals surface area contributed by atoms with E-state index < -0.39 is 11.7 Å². The molecule has 2 aromatic carbocycles. The molecule has 0 bridgehead atoms. The van der Waals surface area contributed by atoms with Crippen LogP contribution in [-0.4, -0.2) is 12.9 Å². The standard InChI is InChI=1S/C15H12BrF3N2/c1-20-14(21-13-7-5-12(16)6-8-13)10-3-2-4-11(9-10)15(17,18)19/h2-9H,1H3,(H,20,21)/p+1. The van der Waals surface area contributed by atoms with E-state index in [2.05, 4.69) is 26.2 Å². The van der Waals surface area contributed by atoms with Crippen molar-refractivity contribution in [1.29, 1.82) is 0 Å². The van der Waals surface area contributed by atoms with E-state index in [1.54, 1.807) is 13.1 Å². The molecule has 0 fully saturated rings. The van der Waals surface area contributed by atoms with Crippen LogP contribution in [0.15, 0.2) is 53.0 Å². The number of hydrogen-bond acceptors (Lipinski definition) is 0. The number of alkyl halides is 3. The monoisotopic (exact) mass is 357 g/mol. The Labute approximate surface area is 128 Å². The average Bonchev–Trinajstić information content (AvgIpc) is 2.46. The van der Waals surface area contributed by atoms with Crippen molar-refractivity contribution in [2.24, 2.45) is 0 Å². The highest BCUT2D eigenvalue weighted by atomic mass is 79.9. The Morgan fingerprint density at radius 1 is 1.10 bits per heavy atom. The van der Waals surface area contributed by atoms with E-state index in [1.165, 1.54) is 6.07 Å². The Morgan fingerprint density at radius 3 is 2.33 bits per heavy atom. The van der Waals surface area contributed by atoms with Crippen LogP contribution in [0.2, 0.25) is 0 Å². The molecular formula is C15H13BrF3N2+. The first-order chi connectivity index (χ1) is 9.90. The Balaban J connectivity index is 2.28. The molecule has 0 aliphatic carbocycles. The van der Waals surface area contributed by atoms with E-state index in [0.717, 1.165) is 22.3 Å². The van der Waals surface area contributed by atoms with E-state index in [0.29, 0.717) is 11.4 Å². The van der Waals surface area contributed by atoms with Crippen LogP contribution in [0.1, 0.15) is 11.1 Å². The summed E-state index contributed by atoms with van der Waals surface area (Å²) in [6.45, 7) is 0. The normalized spacial score (nSPS) is 12.3. The first-order valence-corrected chi connectivity index (χ1v) is 6.94. The highest BCUT2D eigenvalue weighted by Crippen LogP contribution is 2.29. The molecule has 0 unspecified atom stereocenters. The third kappa shape index (κ3) is 4.07. The molecular weight excluding hydrogens is 345 g/mol. The van der Waals surface area contributed by atoms with Crippen LogP contribution in [0, 0.1) is 0 Å². The molecule has 2 aromatic rings. The van der Waals surface area contributed by atoms with Gasteiger partial charge in [-0.05, 0) is 42.5 Å². The van der Waals surface area contributed by atoms with E-state index in [-0.39, 0.29) is 0 Å². The zero-order valence-electron chi connectivity index (χ0n) is 11.1. The minimum absolute atomic E-state index is 0.440. The first-order valence-electron chi connectivity index (χ1n) is 6.15. The van der Waals surface area contributed by atoms with Gasteiger partial charge in [0.1, 0.15) is 5.69 Å².